The van der Waals surface area contributed by atoms with Crippen LogP contribution in [0.25, 0.3) is 0 Å². The van der Waals surface area contributed by atoms with Gasteiger partial charge in [0.25, 0.3) is 0 Å². The molecule has 1 amide bonds. The number of nitrogens with one attached hydrogen (secondary N) is 2. The molecule has 0 aliphatic rings. The number of carbonyl (C=O) groups excluding carboxylic acids is 1. The summed E-state index contributed by atoms with van der Waals surface area (Å²) >= 11 is 6.21. The van der Waals surface area contributed by atoms with Crippen LogP contribution in [0.2, 0.25) is 5.02 Å². The number of likely N-dealkylation sites (N-methyl/N-ethyl adjacent to an activating group) is 1. The van der Waals surface area contributed by atoms with Crippen molar-refractivity contribution in [3.05, 3.63) is 64.7 Å². The Balaban J connectivity index is 0.00000420. The highest BCUT2D eigenvalue weighted by Gasteiger charge is 2.06. The number of rotatable bonds is 8. The topological polar surface area (TPSA) is 66.0 Å². The third-order valence-corrected chi connectivity index (χ3v) is 4.50. The first kappa shape index (κ1) is 25.0. The number of guanidine groups is 1. The van der Waals surface area contributed by atoms with Crippen molar-refractivity contribution in [1.29, 1.82) is 0 Å². The SMILES string of the molecule is COc1ccc(CN=C(NCCc2ccccc2Cl)NCC(=O)N(C)C)cc1.I. The minimum atomic E-state index is -0.0231. The van der Waals surface area contributed by atoms with Crippen molar-refractivity contribution in [2.45, 2.75) is 13.0 Å². The monoisotopic (exact) mass is 530 g/mol. The summed E-state index contributed by atoms with van der Waals surface area (Å²) in [6.45, 7) is 1.31. The van der Waals surface area contributed by atoms with Gasteiger partial charge < -0.3 is 20.3 Å². The van der Waals surface area contributed by atoms with E-state index >= 15 is 0 Å². The van der Waals surface area contributed by atoms with Crippen LogP contribution in [0.1, 0.15) is 11.1 Å². The second kappa shape index (κ2) is 13.3. The Morgan fingerprint density at radius 3 is 2.41 bits per heavy atom. The summed E-state index contributed by atoms with van der Waals surface area (Å²) in [7, 11) is 5.09. The second-order valence-corrected chi connectivity index (χ2v) is 6.83. The van der Waals surface area contributed by atoms with Gasteiger partial charge in [0.1, 0.15) is 5.75 Å². The molecular weight excluding hydrogens is 503 g/mol. The number of amides is 1. The third-order valence-electron chi connectivity index (χ3n) is 4.13. The number of hydrogen-bond donors (Lipinski definition) is 2. The van der Waals surface area contributed by atoms with E-state index in [1.165, 1.54) is 4.90 Å². The lowest BCUT2D eigenvalue weighted by Gasteiger charge is -2.15. The van der Waals surface area contributed by atoms with Gasteiger partial charge in [-0.05, 0) is 35.7 Å². The van der Waals surface area contributed by atoms with Crippen molar-refractivity contribution in [1.82, 2.24) is 15.5 Å². The normalized spacial score (nSPS) is 10.7. The molecule has 0 radical (unpaired) electrons. The van der Waals surface area contributed by atoms with E-state index in [-0.39, 0.29) is 36.4 Å². The Morgan fingerprint density at radius 2 is 1.79 bits per heavy atom. The van der Waals surface area contributed by atoms with Gasteiger partial charge in [-0.3, -0.25) is 4.79 Å². The van der Waals surface area contributed by atoms with Crippen molar-refractivity contribution in [3.8, 4) is 5.75 Å². The average molecular weight is 531 g/mol. The molecule has 6 nitrogen and oxygen atoms in total. The Hall–Kier alpha value is -2.00. The number of methoxy groups -OCH3 is 1. The van der Waals surface area contributed by atoms with E-state index in [9.17, 15) is 4.79 Å². The summed E-state index contributed by atoms with van der Waals surface area (Å²) in [5, 5.41) is 7.10. The number of nitrogens with zero attached hydrogens (tertiary/aromatic N) is 2. The predicted octanol–water partition coefficient (Wildman–Crippen LogP) is 3.33. The molecule has 0 aromatic heterocycles. The van der Waals surface area contributed by atoms with E-state index in [1.54, 1.807) is 21.2 Å². The zero-order valence-corrected chi connectivity index (χ0v) is 20.0. The van der Waals surface area contributed by atoms with E-state index in [4.69, 9.17) is 16.3 Å². The molecule has 0 aliphatic carbocycles. The summed E-state index contributed by atoms with van der Waals surface area (Å²) in [4.78, 5) is 18.0. The molecule has 0 bridgehead atoms. The lowest BCUT2D eigenvalue weighted by molar-refractivity contribution is -0.127. The molecule has 0 unspecified atom stereocenters. The second-order valence-electron chi connectivity index (χ2n) is 6.42. The zero-order valence-electron chi connectivity index (χ0n) is 16.9. The molecule has 8 heteroatoms. The van der Waals surface area contributed by atoms with Crippen molar-refractivity contribution in [2.24, 2.45) is 4.99 Å². The van der Waals surface area contributed by atoms with Crippen molar-refractivity contribution < 1.29 is 9.53 Å². The van der Waals surface area contributed by atoms with Gasteiger partial charge >= 0.3 is 0 Å². The fraction of sp³-hybridized carbons (Fsp3) is 0.333. The summed E-state index contributed by atoms with van der Waals surface area (Å²) in [6.07, 6.45) is 0.755. The van der Waals surface area contributed by atoms with Gasteiger partial charge in [0.05, 0.1) is 20.2 Å². The molecule has 0 aliphatic heterocycles. The number of aliphatic imine (C=N–C) groups is 1. The molecule has 0 fully saturated rings. The first-order valence-electron chi connectivity index (χ1n) is 9.08. The van der Waals surface area contributed by atoms with Crippen molar-refractivity contribution in [2.75, 3.05) is 34.3 Å². The van der Waals surface area contributed by atoms with Gasteiger partial charge in [0.2, 0.25) is 5.91 Å². The van der Waals surface area contributed by atoms with Crippen LogP contribution in [0.5, 0.6) is 5.75 Å². The summed E-state index contributed by atoms with van der Waals surface area (Å²) in [5.41, 5.74) is 2.11. The quantitative estimate of drug-likeness (QED) is 0.312. The molecule has 0 atom stereocenters. The fourth-order valence-electron chi connectivity index (χ4n) is 2.41. The average Bonchev–Trinajstić information content (AvgIpc) is 2.71. The van der Waals surface area contributed by atoms with Crippen LogP contribution in [0, 0.1) is 0 Å². The summed E-state index contributed by atoms with van der Waals surface area (Å²) in [5.74, 6) is 1.36. The molecule has 29 heavy (non-hydrogen) atoms. The highest BCUT2D eigenvalue weighted by Crippen LogP contribution is 2.15. The van der Waals surface area contributed by atoms with Gasteiger partial charge in [0, 0.05) is 25.7 Å². The lowest BCUT2D eigenvalue weighted by Crippen LogP contribution is -2.43. The van der Waals surface area contributed by atoms with E-state index < -0.39 is 0 Å². The molecule has 158 valence electrons. The van der Waals surface area contributed by atoms with Crippen molar-refractivity contribution >= 4 is 47.4 Å². The minimum Gasteiger partial charge on any atom is -0.497 e. The molecule has 2 aromatic carbocycles. The maximum atomic E-state index is 11.9. The minimum absolute atomic E-state index is 0. The highest BCUT2D eigenvalue weighted by molar-refractivity contribution is 14.0. The van der Waals surface area contributed by atoms with Crippen LogP contribution >= 0.6 is 35.6 Å². The van der Waals surface area contributed by atoms with Gasteiger partial charge in [0.15, 0.2) is 5.96 Å². The van der Waals surface area contributed by atoms with Crippen LogP contribution in [0.15, 0.2) is 53.5 Å². The fourth-order valence-corrected chi connectivity index (χ4v) is 2.64. The standard InChI is InChI=1S/C21H27ClN4O2.HI/c1-26(2)20(27)15-25-21(23-13-12-17-6-4-5-7-19(17)22)24-14-16-8-10-18(28-3)11-9-16;/h4-11H,12-15H2,1-3H3,(H2,23,24,25);1H. The maximum absolute atomic E-state index is 11.9. The number of hydrogen-bond acceptors (Lipinski definition) is 3. The molecule has 2 rings (SSSR count). The van der Waals surface area contributed by atoms with E-state index in [1.807, 2.05) is 48.5 Å². The van der Waals surface area contributed by atoms with E-state index in [0.29, 0.717) is 19.0 Å². The van der Waals surface area contributed by atoms with E-state index in [0.717, 1.165) is 28.3 Å². The van der Waals surface area contributed by atoms with E-state index in [2.05, 4.69) is 15.6 Å². The first-order valence-corrected chi connectivity index (χ1v) is 9.46. The predicted molar refractivity (Wildman–Crippen MR) is 129 cm³/mol. The molecule has 2 aromatic rings. The van der Waals surface area contributed by atoms with Gasteiger partial charge in [-0.2, -0.15) is 0 Å². The Morgan fingerprint density at radius 1 is 1.10 bits per heavy atom. The van der Waals surface area contributed by atoms with Crippen LogP contribution < -0.4 is 15.4 Å². The molecule has 2 N–H and O–H groups in total. The molecule has 0 saturated carbocycles. The number of benzene rings is 2. The Kier molecular flexibility index (Phi) is 11.5. The van der Waals surface area contributed by atoms with Crippen LogP contribution in [0.3, 0.4) is 0 Å². The molecule has 0 heterocycles. The van der Waals surface area contributed by atoms with Gasteiger partial charge in [-0.1, -0.05) is 41.9 Å². The first-order chi connectivity index (χ1) is 13.5. The number of ether oxygens (including phenoxy) is 1. The van der Waals surface area contributed by atoms with Crippen LogP contribution in [-0.2, 0) is 17.8 Å². The summed E-state index contributed by atoms with van der Waals surface area (Å²) < 4.78 is 5.17. The van der Waals surface area contributed by atoms with Crippen molar-refractivity contribution in [3.63, 3.8) is 0 Å². The van der Waals surface area contributed by atoms with Crippen LogP contribution in [0.4, 0.5) is 0 Å². The molecule has 0 saturated heterocycles. The largest absolute Gasteiger partial charge is 0.497 e. The number of carbonyl (C=O) groups is 1. The zero-order chi connectivity index (χ0) is 20.4. The van der Waals surface area contributed by atoms with Crippen LogP contribution in [-0.4, -0.2) is 51.1 Å². The Bertz CT molecular complexity index is 798. The molecule has 0 spiro atoms. The highest BCUT2D eigenvalue weighted by atomic mass is 127. The smallest absolute Gasteiger partial charge is 0.241 e. The lowest BCUT2D eigenvalue weighted by atomic mass is 10.1. The Labute approximate surface area is 194 Å². The number of halogens is 2. The van der Waals surface area contributed by atoms with Gasteiger partial charge in [-0.25, -0.2) is 4.99 Å². The maximum Gasteiger partial charge on any atom is 0.241 e. The molecular formula is C21H28ClIN4O2. The third kappa shape index (κ3) is 8.91. The summed E-state index contributed by atoms with van der Waals surface area (Å²) in [6, 6.07) is 15.5. The van der Waals surface area contributed by atoms with Gasteiger partial charge in [-0.15, -0.1) is 24.0 Å².